The molecule has 0 radical (unpaired) electrons. The van der Waals surface area contributed by atoms with E-state index in [2.05, 4.69) is 182 Å². The quantitative estimate of drug-likeness (QED) is 0.177. The fourth-order valence-corrected chi connectivity index (χ4v) is 7.42. The Bertz CT molecular complexity index is 2350. The van der Waals surface area contributed by atoms with Crippen molar-refractivity contribution < 1.29 is 0 Å². The van der Waals surface area contributed by atoms with Crippen molar-refractivity contribution >= 4 is 60.7 Å². The van der Waals surface area contributed by atoms with Crippen molar-refractivity contribution in [1.29, 1.82) is 0 Å². The first-order chi connectivity index (χ1) is 22.8. The zero-order chi connectivity index (χ0) is 30.5. The Hall–Kier alpha value is -5.98. The van der Waals surface area contributed by atoms with E-state index < -0.39 is 0 Å². The summed E-state index contributed by atoms with van der Waals surface area (Å²) < 4.78 is 0. The van der Waals surface area contributed by atoms with Crippen molar-refractivity contribution in [3.05, 3.63) is 209 Å². The minimum Gasteiger partial charge on any atom is -0.0622 e. The Kier molecular flexibility index (Phi) is 6.25. The predicted molar refractivity (Wildman–Crippen MR) is 198 cm³/mol. The highest BCUT2D eigenvalue weighted by Gasteiger charge is 2.32. The molecule has 0 unspecified atom stereocenters. The van der Waals surface area contributed by atoms with E-state index >= 15 is 0 Å². The van der Waals surface area contributed by atoms with E-state index in [-0.39, 0.29) is 0 Å². The maximum atomic E-state index is 2.45. The second kappa shape index (κ2) is 10.9. The summed E-state index contributed by atoms with van der Waals surface area (Å²) in [6, 6.07) is 64.0. The molecular weight excluding hydrogens is 553 g/mol. The maximum Gasteiger partial charge on any atom is -0.00141 e. The van der Waals surface area contributed by atoms with E-state index in [4.69, 9.17) is 0 Å². The SMILES string of the molecule is C(=C1C(c2ccccc2)=C(c2ccccc2)C(c2ccccc2)=C1c1ccccc1)c1ccc2ccc3cccc4ccc1c2c34. The molecule has 0 amide bonds. The Morgan fingerprint density at radius 1 is 0.283 bits per heavy atom. The zero-order valence-electron chi connectivity index (χ0n) is 25.3. The second-order valence-corrected chi connectivity index (χ2v) is 12.0. The molecule has 1 aliphatic carbocycles. The van der Waals surface area contributed by atoms with Crippen molar-refractivity contribution in [1.82, 2.24) is 0 Å². The molecule has 0 N–H and O–H groups in total. The molecule has 214 valence electrons. The van der Waals surface area contributed by atoms with Crippen molar-refractivity contribution in [3.8, 4) is 0 Å². The maximum absolute atomic E-state index is 2.45. The summed E-state index contributed by atoms with van der Waals surface area (Å²) in [6.45, 7) is 0. The molecule has 0 aromatic heterocycles. The van der Waals surface area contributed by atoms with Crippen LogP contribution in [0, 0.1) is 0 Å². The standard InChI is InChI=1S/C46H30/c1-5-14-31(15-6-1)43-40(30-38-27-26-37-25-24-35-22-13-23-36-28-29-39(38)42(37)41(35)36)44(32-16-7-2-8-17-32)46(34-20-11-4-12-21-34)45(43)33-18-9-3-10-19-33/h1-30H. The summed E-state index contributed by atoms with van der Waals surface area (Å²) in [4.78, 5) is 0. The Morgan fingerprint density at radius 2 is 0.674 bits per heavy atom. The van der Waals surface area contributed by atoms with Gasteiger partial charge in [-0.05, 0) is 94.1 Å². The monoisotopic (exact) mass is 582 g/mol. The van der Waals surface area contributed by atoms with Gasteiger partial charge in [0.2, 0.25) is 0 Å². The highest BCUT2D eigenvalue weighted by Crippen LogP contribution is 2.55. The first-order valence-corrected chi connectivity index (χ1v) is 15.9. The van der Waals surface area contributed by atoms with E-state index in [0.717, 1.165) is 0 Å². The van der Waals surface area contributed by atoms with Gasteiger partial charge < -0.3 is 0 Å². The average molecular weight is 583 g/mol. The number of hydrogen-bond acceptors (Lipinski definition) is 0. The van der Waals surface area contributed by atoms with Crippen LogP contribution in [0.5, 0.6) is 0 Å². The van der Waals surface area contributed by atoms with Crippen LogP contribution < -0.4 is 0 Å². The summed E-state index contributed by atoms with van der Waals surface area (Å²) in [6.07, 6.45) is 2.45. The highest BCUT2D eigenvalue weighted by molar-refractivity contribution is 6.36. The summed E-state index contributed by atoms with van der Waals surface area (Å²) in [5.74, 6) is 0. The first-order valence-electron chi connectivity index (χ1n) is 15.9. The van der Waals surface area contributed by atoms with Crippen LogP contribution in [0.2, 0.25) is 0 Å². The fourth-order valence-electron chi connectivity index (χ4n) is 7.42. The molecule has 0 atom stereocenters. The number of allylic oxidation sites excluding steroid dienone is 5. The van der Waals surface area contributed by atoms with E-state index in [1.807, 2.05) is 0 Å². The van der Waals surface area contributed by atoms with Gasteiger partial charge in [-0.2, -0.15) is 0 Å². The third-order valence-electron chi connectivity index (χ3n) is 9.40. The molecule has 8 aromatic carbocycles. The van der Waals surface area contributed by atoms with Gasteiger partial charge in [0.1, 0.15) is 0 Å². The number of benzene rings is 8. The van der Waals surface area contributed by atoms with E-state index in [9.17, 15) is 0 Å². The minimum absolute atomic E-state index is 1.21. The van der Waals surface area contributed by atoms with Gasteiger partial charge in [0.15, 0.2) is 0 Å². The summed E-state index contributed by atoms with van der Waals surface area (Å²) in [5, 5.41) is 7.81. The molecule has 0 spiro atoms. The molecule has 1 aliphatic rings. The second-order valence-electron chi connectivity index (χ2n) is 12.0. The molecule has 8 aromatic rings. The lowest BCUT2D eigenvalue weighted by atomic mass is 9.87. The molecule has 0 fully saturated rings. The Labute approximate surface area is 269 Å². The lowest BCUT2D eigenvalue weighted by molar-refractivity contribution is 1.57. The Balaban J connectivity index is 1.44. The predicted octanol–water partition coefficient (Wildman–Crippen LogP) is 12.2. The minimum atomic E-state index is 1.21. The van der Waals surface area contributed by atoms with E-state index in [1.54, 1.807) is 0 Å². The van der Waals surface area contributed by atoms with Crippen molar-refractivity contribution in [2.45, 2.75) is 0 Å². The van der Waals surface area contributed by atoms with Crippen LogP contribution in [-0.2, 0) is 0 Å². The van der Waals surface area contributed by atoms with E-state index in [0.29, 0.717) is 0 Å². The molecule has 0 heteroatoms. The van der Waals surface area contributed by atoms with Gasteiger partial charge in [-0.25, -0.2) is 0 Å². The lowest BCUT2D eigenvalue weighted by Gasteiger charge is -2.16. The molecule has 0 saturated heterocycles. The number of rotatable bonds is 5. The van der Waals surface area contributed by atoms with Gasteiger partial charge >= 0.3 is 0 Å². The van der Waals surface area contributed by atoms with Gasteiger partial charge in [-0.15, -0.1) is 0 Å². The van der Waals surface area contributed by atoms with Crippen LogP contribution in [0.1, 0.15) is 27.8 Å². The molecule has 9 rings (SSSR count). The molecule has 46 heavy (non-hydrogen) atoms. The molecule has 0 saturated carbocycles. The smallest absolute Gasteiger partial charge is 0.00141 e. The molecular formula is C46H30. The third kappa shape index (κ3) is 4.23. The summed E-state index contributed by atoms with van der Waals surface area (Å²) in [7, 11) is 0. The van der Waals surface area contributed by atoms with Crippen LogP contribution in [0.25, 0.3) is 60.7 Å². The largest absolute Gasteiger partial charge is 0.0622 e. The summed E-state index contributed by atoms with van der Waals surface area (Å²) in [5.41, 5.74) is 12.4. The fraction of sp³-hybridized carbons (Fsp3) is 0. The van der Waals surface area contributed by atoms with E-state index in [1.165, 1.54) is 88.0 Å². The molecule has 0 nitrogen and oxygen atoms in total. The van der Waals surface area contributed by atoms with Gasteiger partial charge in [0.05, 0.1) is 0 Å². The Morgan fingerprint density at radius 3 is 1.15 bits per heavy atom. The molecule has 0 aliphatic heterocycles. The average Bonchev–Trinajstić information content (AvgIpc) is 3.47. The number of hydrogen-bond donors (Lipinski definition) is 0. The van der Waals surface area contributed by atoms with Gasteiger partial charge in [-0.3, -0.25) is 0 Å². The van der Waals surface area contributed by atoms with Crippen molar-refractivity contribution in [2.24, 2.45) is 0 Å². The van der Waals surface area contributed by atoms with Crippen molar-refractivity contribution in [2.75, 3.05) is 0 Å². The van der Waals surface area contributed by atoms with Crippen LogP contribution in [0.3, 0.4) is 0 Å². The van der Waals surface area contributed by atoms with Crippen LogP contribution in [0.15, 0.2) is 181 Å². The third-order valence-corrected chi connectivity index (χ3v) is 9.40. The van der Waals surface area contributed by atoms with Crippen molar-refractivity contribution in [3.63, 3.8) is 0 Å². The van der Waals surface area contributed by atoms with Gasteiger partial charge in [0.25, 0.3) is 0 Å². The molecule has 0 bridgehead atoms. The van der Waals surface area contributed by atoms with Gasteiger partial charge in [-0.1, -0.05) is 176 Å². The normalized spacial score (nSPS) is 13.4. The first kappa shape index (κ1) is 26.4. The van der Waals surface area contributed by atoms with Crippen LogP contribution in [0.4, 0.5) is 0 Å². The summed E-state index contributed by atoms with van der Waals surface area (Å²) >= 11 is 0. The highest BCUT2D eigenvalue weighted by atomic mass is 14.3. The zero-order valence-corrected chi connectivity index (χ0v) is 25.3. The van der Waals surface area contributed by atoms with Crippen LogP contribution in [-0.4, -0.2) is 0 Å². The van der Waals surface area contributed by atoms with Crippen LogP contribution >= 0.6 is 0 Å². The lowest BCUT2D eigenvalue weighted by Crippen LogP contribution is -1.93. The molecule has 0 heterocycles. The topological polar surface area (TPSA) is 0 Å². The van der Waals surface area contributed by atoms with Gasteiger partial charge in [0, 0.05) is 0 Å².